The summed E-state index contributed by atoms with van der Waals surface area (Å²) in [6.07, 6.45) is 4.23. The normalized spacial score (nSPS) is 16.7. The molecule has 0 bridgehead atoms. The maximum absolute atomic E-state index is 13.0. The number of carbonyl (C=O) groups is 2. The van der Waals surface area contributed by atoms with E-state index < -0.39 is 23.5 Å². The fourth-order valence-corrected chi connectivity index (χ4v) is 3.30. The number of anilines is 1. The number of nitrogens with zero attached hydrogens (tertiary/aromatic N) is 3. The largest absolute Gasteiger partial charge is 0.503 e. The van der Waals surface area contributed by atoms with Gasteiger partial charge in [-0.1, -0.05) is 29.3 Å². The molecule has 3 aromatic rings. The number of amides is 1. The van der Waals surface area contributed by atoms with Gasteiger partial charge in [-0.3, -0.25) is 14.5 Å². The van der Waals surface area contributed by atoms with Crippen LogP contribution in [0.3, 0.4) is 0 Å². The first-order chi connectivity index (χ1) is 13.5. The average Bonchev–Trinajstić information content (AvgIpc) is 3.32. The van der Waals surface area contributed by atoms with Crippen molar-refractivity contribution < 1.29 is 19.1 Å². The van der Waals surface area contributed by atoms with Crippen LogP contribution in [-0.4, -0.2) is 26.8 Å². The van der Waals surface area contributed by atoms with Crippen molar-refractivity contribution in [3.05, 3.63) is 87.8 Å². The molecule has 0 radical (unpaired) electrons. The average molecular weight is 416 g/mol. The van der Waals surface area contributed by atoms with E-state index in [-0.39, 0.29) is 22.3 Å². The van der Waals surface area contributed by atoms with Crippen molar-refractivity contribution in [3.8, 4) is 0 Å². The van der Waals surface area contributed by atoms with Gasteiger partial charge in [0.1, 0.15) is 0 Å². The molecule has 1 amide bonds. The van der Waals surface area contributed by atoms with E-state index in [0.717, 1.165) is 4.90 Å². The molecule has 0 aliphatic carbocycles. The Hall–Kier alpha value is -3.16. The number of hydrogen-bond acceptors (Lipinski definition) is 6. The number of Topliss-reactive ketones (excluding diaryl/α,β-unsaturated/α-hetero) is 1. The molecular formula is C19H11Cl2N3O4. The van der Waals surface area contributed by atoms with E-state index in [1.54, 1.807) is 12.1 Å². The molecule has 0 fully saturated rings. The summed E-state index contributed by atoms with van der Waals surface area (Å²) in [4.78, 5) is 35.1. The minimum atomic E-state index is -1.01. The lowest BCUT2D eigenvalue weighted by Gasteiger charge is -2.24. The molecule has 0 spiro atoms. The lowest BCUT2D eigenvalue weighted by Crippen LogP contribution is -2.32. The van der Waals surface area contributed by atoms with Crippen molar-refractivity contribution in [2.75, 3.05) is 4.90 Å². The van der Waals surface area contributed by atoms with Crippen molar-refractivity contribution >= 4 is 40.8 Å². The topological polar surface area (TPSA) is 96.5 Å². The van der Waals surface area contributed by atoms with Crippen LogP contribution in [0.15, 0.2) is 70.8 Å². The van der Waals surface area contributed by atoms with Gasteiger partial charge < -0.3 is 9.52 Å². The number of aliphatic hydroxyl groups excluding tert-OH is 1. The Balaban J connectivity index is 1.91. The number of aromatic nitrogens is 2. The third-order valence-electron chi connectivity index (χ3n) is 4.22. The predicted octanol–water partition coefficient (Wildman–Crippen LogP) is 4.16. The first-order valence-corrected chi connectivity index (χ1v) is 8.81. The van der Waals surface area contributed by atoms with Crippen molar-refractivity contribution in [2.45, 2.75) is 6.04 Å². The summed E-state index contributed by atoms with van der Waals surface area (Å²) in [5, 5.41) is 11.1. The van der Waals surface area contributed by atoms with Crippen LogP contribution in [0.2, 0.25) is 10.0 Å². The fourth-order valence-electron chi connectivity index (χ4n) is 3.00. The molecule has 0 saturated heterocycles. The summed E-state index contributed by atoms with van der Waals surface area (Å²) >= 11 is 12.1. The van der Waals surface area contributed by atoms with Crippen LogP contribution in [0.5, 0.6) is 0 Å². The van der Waals surface area contributed by atoms with Crippen LogP contribution in [0.4, 0.5) is 5.95 Å². The number of rotatable bonds is 4. The predicted molar refractivity (Wildman–Crippen MR) is 101 cm³/mol. The van der Waals surface area contributed by atoms with Gasteiger partial charge in [0.25, 0.3) is 5.91 Å². The minimum Gasteiger partial charge on any atom is -0.503 e. The van der Waals surface area contributed by atoms with Gasteiger partial charge in [0.05, 0.1) is 27.9 Å². The SMILES string of the molecule is O=C(C1=C(O)C(=O)N(c2ncccn2)[C@@H]1c1ccc(Cl)c(Cl)c1)c1ccco1. The van der Waals surface area contributed by atoms with Gasteiger partial charge in [-0.15, -0.1) is 0 Å². The number of benzene rings is 1. The van der Waals surface area contributed by atoms with Gasteiger partial charge in [0.15, 0.2) is 11.5 Å². The van der Waals surface area contributed by atoms with E-state index in [1.165, 1.54) is 42.9 Å². The third-order valence-corrected chi connectivity index (χ3v) is 4.96. The van der Waals surface area contributed by atoms with Crippen LogP contribution in [0.25, 0.3) is 0 Å². The zero-order chi connectivity index (χ0) is 19.8. The maximum atomic E-state index is 13.0. The van der Waals surface area contributed by atoms with Crippen molar-refractivity contribution in [1.82, 2.24) is 9.97 Å². The van der Waals surface area contributed by atoms with Crippen LogP contribution in [-0.2, 0) is 4.79 Å². The molecule has 1 atom stereocenters. The van der Waals surface area contributed by atoms with E-state index >= 15 is 0 Å². The van der Waals surface area contributed by atoms with E-state index in [2.05, 4.69) is 9.97 Å². The Morgan fingerprint density at radius 2 is 1.86 bits per heavy atom. The van der Waals surface area contributed by atoms with Crippen LogP contribution >= 0.6 is 23.2 Å². The number of hydrogen-bond donors (Lipinski definition) is 1. The first-order valence-electron chi connectivity index (χ1n) is 8.06. The second-order valence-electron chi connectivity index (χ2n) is 5.87. The molecule has 28 heavy (non-hydrogen) atoms. The smallest absolute Gasteiger partial charge is 0.296 e. The van der Waals surface area contributed by atoms with E-state index in [4.69, 9.17) is 27.6 Å². The highest BCUT2D eigenvalue weighted by molar-refractivity contribution is 6.42. The molecule has 9 heteroatoms. The van der Waals surface area contributed by atoms with Crippen LogP contribution in [0.1, 0.15) is 22.2 Å². The van der Waals surface area contributed by atoms with Gasteiger partial charge in [0, 0.05) is 12.4 Å². The maximum Gasteiger partial charge on any atom is 0.296 e. The lowest BCUT2D eigenvalue weighted by molar-refractivity contribution is -0.117. The molecule has 2 aromatic heterocycles. The molecule has 1 aromatic carbocycles. The van der Waals surface area contributed by atoms with Crippen molar-refractivity contribution in [1.29, 1.82) is 0 Å². The van der Waals surface area contributed by atoms with Gasteiger partial charge in [-0.25, -0.2) is 9.97 Å². The molecule has 7 nitrogen and oxygen atoms in total. The standard InChI is InChI=1S/C19H11Cl2N3O4/c20-11-5-4-10(9-12(11)21)15-14(16(25)13-3-1-8-28-13)17(26)18(27)24(15)19-22-6-2-7-23-19/h1-9,15,26H/t15-/m1/s1. The zero-order valence-electron chi connectivity index (χ0n) is 14.0. The highest BCUT2D eigenvalue weighted by Gasteiger charge is 2.46. The van der Waals surface area contributed by atoms with Gasteiger partial charge in [0.2, 0.25) is 11.7 Å². The fraction of sp³-hybridized carbons (Fsp3) is 0.0526. The molecule has 140 valence electrons. The number of furan rings is 1. The summed E-state index contributed by atoms with van der Waals surface area (Å²) in [5.74, 6) is -2.14. The molecule has 1 aliphatic heterocycles. The first kappa shape index (κ1) is 18.2. The molecular weight excluding hydrogens is 405 g/mol. The Morgan fingerprint density at radius 3 is 2.50 bits per heavy atom. The van der Waals surface area contributed by atoms with Gasteiger partial charge >= 0.3 is 0 Å². The lowest BCUT2D eigenvalue weighted by atomic mass is 9.95. The van der Waals surface area contributed by atoms with Crippen LogP contribution < -0.4 is 4.90 Å². The summed E-state index contributed by atoms with van der Waals surface area (Å²) in [5.41, 5.74) is 0.292. The Kier molecular flexibility index (Phi) is 4.62. The van der Waals surface area contributed by atoms with Crippen molar-refractivity contribution in [2.24, 2.45) is 0 Å². The summed E-state index contributed by atoms with van der Waals surface area (Å²) in [7, 11) is 0. The molecule has 0 saturated carbocycles. The summed E-state index contributed by atoms with van der Waals surface area (Å²) < 4.78 is 5.16. The molecule has 1 aliphatic rings. The third kappa shape index (κ3) is 2.94. The number of halogens is 2. The molecule has 3 heterocycles. The summed E-state index contributed by atoms with van der Waals surface area (Å²) in [6.45, 7) is 0. The summed E-state index contributed by atoms with van der Waals surface area (Å²) in [6, 6.07) is 8.22. The van der Waals surface area contributed by atoms with E-state index in [0.29, 0.717) is 10.6 Å². The zero-order valence-corrected chi connectivity index (χ0v) is 15.6. The monoisotopic (exact) mass is 415 g/mol. The second-order valence-corrected chi connectivity index (χ2v) is 6.68. The highest BCUT2D eigenvalue weighted by atomic mass is 35.5. The minimum absolute atomic E-state index is 0.0183. The highest BCUT2D eigenvalue weighted by Crippen LogP contribution is 2.41. The second kappa shape index (κ2) is 7.10. The number of carbonyl (C=O) groups excluding carboxylic acids is 2. The van der Waals surface area contributed by atoms with Crippen molar-refractivity contribution in [3.63, 3.8) is 0 Å². The van der Waals surface area contributed by atoms with Gasteiger partial charge in [-0.2, -0.15) is 0 Å². The van der Waals surface area contributed by atoms with E-state index in [1.807, 2.05) is 0 Å². The quantitative estimate of drug-likeness (QED) is 0.642. The Bertz CT molecular complexity index is 1100. The molecule has 4 rings (SSSR count). The number of ketones is 1. The number of aliphatic hydroxyl groups is 1. The Morgan fingerprint density at radius 1 is 1.11 bits per heavy atom. The van der Waals surface area contributed by atoms with Crippen LogP contribution in [0, 0.1) is 0 Å². The Labute approximate surface area is 168 Å². The molecule has 0 unspecified atom stereocenters. The van der Waals surface area contributed by atoms with E-state index in [9.17, 15) is 14.7 Å². The van der Waals surface area contributed by atoms with Gasteiger partial charge in [-0.05, 0) is 35.9 Å². The molecule has 1 N–H and O–H groups in total.